The highest BCUT2D eigenvalue weighted by molar-refractivity contribution is 6.33. The molecular formula is C10H15BN2O4. The summed E-state index contributed by atoms with van der Waals surface area (Å²) < 4.78 is 9.81. The summed E-state index contributed by atoms with van der Waals surface area (Å²) >= 11 is 0. The molecule has 0 aromatic heterocycles. The van der Waals surface area contributed by atoms with E-state index < -0.39 is 7.32 Å². The Balaban J connectivity index is 2.84. The van der Waals surface area contributed by atoms with Gasteiger partial charge in [0.1, 0.15) is 5.75 Å². The van der Waals surface area contributed by atoms with Crippen molar-refractivity contribution in [3.8, 4) is 11.5 Å². The number of methoxy groups -OCH3 is 1. The standard InChI is InChI=1S/C10H15BN2O4/c1-3-12-13-7-8-4-5-9(17-11(14)15)10(6-8)16-2/h4-7,12,14-15H,3H2,1-2H3/b13-7+. The number of nitrogens with zero attached hydrogens (tertiary/aromatic N) is 1. The minimum atomic E-state index is -1.87. The monoisotopic (exact) mass is 238 g/mol. The predicted molar refractivity (Wildman–Crippen MR) is 65.1 cm³/mol. The van der Waals surface area contributed by atoms with Gasteiger partial charge < -0.3 is 24.9 Å². The van der Waals surface area contributed by atoms with Gasteiger partial charge in [0.2, 0.25) is 0 Å². The summed E-state index contributed by atoms with van der Waals surface area (Å²) in [5.41, 5.74) is 3.61. The van der Waals surface area contributed by atoms with E-state index in [1.165, 1.54) is 7.11 Å². The number of hydrogen-bond donors (Lipinski definition) is 3. The molecule has 0 aliphatic carbocycles. The van der Waals surface area contributed by atoms with Crippen molar-refractivity contribution in [2.45, 2.75) is 6.92 Å². The van der Waals surface area contributed by atoms with Crippen molar-refractivity contribution in [2.75, 3.05) is 13.7 Å². The molecule has 6 nitrogen and oxygen atoms in total. The quantitative estimate of drug-likeness (QED) is 0.368. The summed E-state index contributed by atoms with van der Waals surface area (Å²) in [7, 11) is -0.401. The molecular weight excluding hydrogens is 223 g/mol. The SMILES string of the molecule is CCN/N=C/c1ccc(OB(O)O)c(OC)c1. The Morgan fingerprint density at radius 1 is 1.41 bits per heavy atom. The van der Waals surface area contributed by atoms with E-state index >= 15 is 0 Å². The molecule has 1 aromatic rings. The fourth-order valence-electron chi connectivity index (χ4n) is 1.19. The summed E-state index contributed by atoms with van der Waals surface area (Å²) in [6.45, 7) is 2.68. The minimum absolute atomic E-state index is 0.253. The van der Waals surface area contributed by atoms with Crippen LogP contribution in [-0.2, 0) is 0 Å². The van der Waals surface area contributed by atoms with Crippen LogP contribution in [0.4, 0.5) is 0 Å². The van der Waals surface area contributed by atoms with Gasteiger partial charge in [-0.15, -0.1) is 0 Å². The third-order valence-corrected chi connectivity index (χ3v) is 1.88. The van der Waals surface area contributed by atoms with Crippen molar-refractivity contribution in [2.24, 2.45) is 5.10 Å². The lowest BCUT2D eigenvalue weighted by Gasteiger charge is -2.10. The van der Waals surface area contributed by atoms with Gasteiger partial charge in [-0.05, 0) is 30.7 Å². The zero-order valence-electron chi connectivity index (χ0n) is 9.75. The molecule has 0 bridgehead atoms. The van der Waals surface area contributed by atoms with E-state index in [2.05, 4.69) is 10.5 Å². The average molecular weight is 238 g/mol. The van der Waals surface area contributed by atoms with Gasteiger partial charge >= 0.3 is 7.32 Å². The van der Waals surface area contributed by atoms with Crippen LogP contribution in [0.5, 0.6) is 11.5 Å². The molecule has 0 saturated carbocycles. The highest BCUT2D eigenvalue weighted by Crippen LogP contribution is 2.27. The van der Waals surface area contributed by atoms with Crippen LogP contribution < -0.4 is 14.8 Å². The second-order valence-electron chi connectivity index (χ2n) is 3.12. The second-order valence-corrected chi connectivity index (χ2v) is 3.12. The topological polar surface area (TPSA) is 83.3 Å². The van der Waals surface area contributed by atoms with Gasteiger partial charge in [0.15, 0.2) is 5.75 Å². The van der Waals surface area contributed by atoms with E-state index in [1.54, 1.807) is 24.4 Å². The Hall–Kier alpha value is -1.73. The zero-order chi connectivity index (χ0) is 12.7. The van der Waals surface area contributed by atoms with Crippen LogP contribution in [0.2, 0.25) is 0 Å². The summed E-state index contributed by atoms with van der Waals surface area (Å²) in [4.78, 5) is 0. The van der Waals surface area contributed by atoms with Crippen molar-refractivity contribution >= 4 is 13.5 Å². The van der Waals surface area contributed by atoms with Gasteiger partial charge in [-0.3, -0.25) is 0 Å². The van der Waals surface area contributed by atoms with Crippen LogP contribution in [0.25, 0.3) is 0 Å². The smallest absolute Gasteiger partial charge is 0.509 e. The molecule has 0 spiro atoms. The molecule has 92 valence electrons. The third kappa shape index (κ3) is 4.33. The maximum atomic E-state index is 8.71. The van der Waals surface area contributed by atoms with Crippen LogP contribution in [0, 0.1) is 0 Å². The van der Waals surface area contributed by atoms with Gasteiger partial charge in [0.25, 0.3) is 0 Å². The first-order valence-corrected chi connectivity index (χ1v) is 5.14. The van der Waals surface area contributed by atoms with Crippen molar-refractivity contribution < 1.29 is 19.4 Å². The Morgan fingerprint density at radius 3 is 2.76 bits per heavy atom. The second kappa shape index (κ2) is 6.77. The molecule has 0 aliphatic rings. The fourth-order valence-corrected chi connectivity index (χ4v) is 1.19. The minimum Gasteiger partial charge on any atom is -0.509 e. The molecule has 0 amide bonds. The molecule has 1 rings (SSSR count). The number of rotatable bonds is 6. The molecule has 3 N–H and O–H groups in total. The van der Waals surface area contributed by atoms with Crippen LogP contribution in [0.1, 0.15) is 12.5 Å². The Labute approximate surface area is 100 Å². The van der Waals surface area contributed by atoms with Crippen molar-refractivity contribution in [1.29, 1.82) is 0 Å². The normalized spacial score (nSPS) is 10.4. The number of nitrogens with one attached hydrogen (secondary N) is 1. The number of hydrazone groups is 1. The van der Waals surface area contributed by atoms with Gasteiger partial charge in [-0.25, -0.2) is 0 Å². The van der Waals surface area contributed by atoms with Gasteiger partial charge in [-0.2, -0.15) is 5.10 Å². The molecule has 0 aliphatic heterocycles. The van der Waals surface area contributed by atoms with Gasteiger partial charge in [0, 0.05) is 6.54 Å². The number of hydrogen-bond acceptors (Lipinski definition) is 6. The molecule has 7 heteroatoms. The zero-order valence-corrected chi connectivity index (χ0v) is 9.75. The molecule has 0 saturated heterocycles. The largest absolute Gasteiger partial charge is 0.707 e. The first-order valence-electron chi connectivity index (χ1n) is 5.14. The van der Waals surface area contributed by atoms with E-state index in [9.17, 15) is 0 Å². The van der Waals surface area contributed by atoms with Crippen molar-refractivity contribution in [3.63, 3.8) is 0 Å². The van der Waals surface area contributed by atoms with Crippen molar-refractivity contribution in [1.82, 2.24) is 5.43 Å². The summed E-state index contributed by atoms with van der Waals surface area (Å²) in [6.07, 6.45) is 1.63. The lowest BCUT2D eigenvalue weighted by atomic mass is 10.2. The Bertz CT molecular complexity index is 385. The molecule has 0 unspecified atom stereocenters. The molecule has 0 radical (unpaired) electrons. The Kier molecular flexibility index (Phi) is 5.31. The predicted octanol–water partition coefficient (Wildman–Crippen LogP) is -0.0131. The fraction of sp³-hybridized carbons (Fsp3) is 0.300. The molecule has 0 fully saturated rings. The maximum Gasteiger partial charge on any atom is 0.707 e. The lowest BCUT2D eigenvalue weighted by molar-refractivity contribution is 0.279. The first-order chi connectivity index (χ1) is 8.17. The molecule has 17 heavy (non-hydrogen) atoms. The van der Waals surface area contributed by atoms with E-state index in [1.807, 2.05) is 6.92 Å². The van der Waals surface area contributed by atoms with Crippen LogP contribution in [0.3, 0.4) is 0 Å². The summed E-state index contributed by atoms with van der Waals surface area (Å²) in [5, 5.41) is 21.4. The van der Waals surface area contributed by atoms with Crippen LogP contribution >= 0.6 is 0 Å². The highest BCUT2D eigenvalue weighted by atomic mass is 16.6. The van der Waals surface area contributed by atoms with E-state index in [-0.39, 0.29) is 5.75 Å². The van der Waals surface area contributed by atoms with Gasteiger partial charge in [0.05, 0.1) is 13.3 Å². The van der Waals surface area contributed by atoms with E-state index in [4.69, 9.17) is 19.4 Å². The lowest BCUT2D eigenvalue weighted by Crippen LogP contribution is -2.20. The highest BCUT2D eigenvalue weighted by Gasteiger charge is 2.14. The maximum absolute atomic E-state index is 8.71. The molecule has 0 atom stereocenters. The van der Waals surface area contributed by atoms with E-state index in [0.717, 1.165) is 12.1 Å². The van der Waals surface area contributed by atoms with Crippen LogP contribution in [-0.4, -0.2) is 37.2 Å². The van der Waals surface area contributed by atoms with Crippen molar-refractivity contribution in [3.05, 3.63) is 23.8 Å². The molecule has 0 heterocycles. The summed E-state index contributed by atoms with van der Waals surface area (Å²) in [6, 6.07) is 4.98. The number of benzene rings is 1. The first kappa shape index (κ1) is 13.3. The van der Waals surface area contributed by atoms with Gasteiger partial charge in [-0.1, -0.05) is 0 Å². The summed E-state index contributed by atoms with van der Waals surface area (Å²) in [5.74, 6) is 0.654. The average Bonchev–Trinajstić information content (AvgIpc) is 2.30. The number of ether oxygens (including phenoxy) is 1. The third-order valence-electron chi connectivity index (χ3n) is 1.88. The van der Waals surface area contributed by atoms with Crippen LogP contribution in [0.15, 0.2) is 23.3 Å². The van der Waals surface area contributed by atoms with E-state index in [0.29, 0.717) is 5.75 Å². The molecule has 1 aromatic carbocycles. The Morgan fingerprint density at radius 2 is 2.18 bits per heavy atom.